The van der Waals surface area contributed by atoms with E-state index in [2.05, 4.69) is 10.3 Å². The number of carboxylic acid groups (broad SMARTS) is 1. The molecule has 1 fully saturated rings. The molecule has 1 aliphatic heterocycles. The number of fused-ring (bicyclic) bond motifs is 1. The van der Waals surface area contributed by atoms with Gasteiger partial charge in [-0.3, -0.25) is 4.79 Å². The molecule has 0 unspecified atom stereocenters. The fraction of sp³-hybridized carbons (Fsp3) is 0.318. The summed E-state index contributed by atoms with van der Waals surface area (Å²) >= 11 is 0. The third kappa shape index (κ3) is 4.13. The van der Waals surface area contributed by atoms with Crippen molar-refractivity contribution < 1.29 is 28.2 Å². The number of carbonyl (C=O) groups is 2. The highest BCUT2D eigenvalue weighted by Gasteiger charge is 2.27. The van der Waals surface area contributed by atoms with Gasteiger partial charge in [0.1, 0.15) is 18.1 Å². The molecule has 1 atom stereocenters. The maximum atomic E-state index is 15.0. The zero-order valence-electron chi connectivity index (χ0n) is 17.3. The number of amides is 2. The van der Waals surface area contributed by atoms with Crippen LogP contribution < -0.4 is 5.32 Å². The highest BCUT2D eigenvalue weighted by Crippen LogP contribution is 2.30. The van der Waals surface area contributed by atoms with E-state index in [-0.39, 0.29) is 37.2 Å². The number of nitrogens with one attached hydrogen (secondary N) is 1. The average Bonchev–Trinajstić information content (AvgIpc) is 3.15. The minimum atomic E-state index is -1.03. The summed E-state index contributed by atoms with van der Waals surface area (Å²) in [5.74, 6) is -1.04. The summed E-state index contributed by atoms with van der Waals surface area (Å²) in [7, 11) is 1.46. The van der Waals surface area contributed by atoms with Gasteiger partial charge < -0.3 is 24.5 Å². The standard InChI is InChI=1S/C22H22F2N4O4/c1-25-21(29)14-2-3-16(17(24)9-14)20-18(10-15-12-27(22(30)31)6-7-32-15)28-5-4-13(11-23)8-19(28)26-20/h2-5,8-9,15H,6-7,10-12H2,1H3,(H,25,29)(H,30,31)/t15-/m0/s1. The molecule has 2 aromatic heterocycles. The monoisotopic (exact) mass is 444 g/mol. The molecule has 1 aromatic carbocycles. The summed E-state index contributed by atoms with van der Waals surface area (Å²) in [6, 6.07) is 7.30. The van der Waals surface area contributed by atoms with Gasteiger partial charge in [0.25, 0.3) is 5.91 Å². The van der Waals surface area contributed by atoms with E-state index in [4.69, 9.17) is 4.74 Å². The molecule has 2 N–H and O–H groups in total. The van der Waals surface area contributed by atoms with Gasteiger partial charge in [0.15, 0.2) is 0 Å². The molecule has 8 nitrogen and oxygen atoms in total. The van der Waals surface area contributed by atoms with Crippen LogP contribution in [0.25, 0.3) is 16.9 Å². The van der Waals surface area contributed by atoms with Gasteiger partial charge in [0, 0.05) is 37.3 Å². The maximum Gasteiger partial charge on any atom is 0.407 e. The van der Waals surface area contributed by atoms with Gasteiger partial charge in [0.2, 0.25) is 0 Å². The molecule has 2 amide bonds. The second kappa shape index (κ2) is 8.91. The first-order chi connectivity index (χ1) is 15.4. The van der Waals surface area contributed by atoms with Gasteiger partial charge in [-0.1, -0.05) is 0 Å². The van der Waals surface area contributed by atoms with Gasteiger partial charge >= 0.3 is 6.09 Å². The van der Waals surface area contributed by atoms with Crippen LogP contribution in [0.5, 0.6) is 0 Å². The van der Waals surface area contributed by atoms with Crippen LogP contribution in [0.3, 0.4) is 0 Å². The molecule has 1 aliphatic rings. The van der Waals surface area contributed by atoms with Gasteiger partial charge in [0.05, 0.1) is 30.6 Å². The Morgan fingerprint density at radius 3 is 2.81 bits per heavy atom. The van der Waals surface area contributed by atoms with Crippen molar-refractivity contribution in [2.75, 3.05) is 26.7 Å². The third-order valence-corrected chi connectivity index (χ3v) is 5.49. The molecule has 168 valence electrons. The van der Waals surface area contributed by atoms with E-state index in [0.29, 0.717) is 22.6 Å². The lowest BCUT2D eigenvalue weighted by molar-refractivity contribution is -0.0214. The SMILES string of the molecule is CNC(=O)c1ccc(-c2nc3cc(CF)ccn3c2C[C@H]2CN(C(=O)O)CCO2)c(F)c1. The Bertz CT molecular complexity index is 1180. The molecule has 0 radical (unpaired) electrons. The fourth-order valence-corrected chi connectivity index (χ4v) is 3.86. The highest BCUT2D eigenvalue weighted by atomic mass is 19.1. The summed E-state index contributed by atoms with van der Waals surface area (Å²) < 4.78 is 35.7. The molecular weight excluding hydrogens is 422 g/mol. The predicted octanol–water partition coefficient (Wildman–Crippen LogP) is 2.89. The van der Waals surface area contributed by atoms with Crippen LogP contribution in [0, 0.1) is 5.82 Å². The molecule has 1 saturated heterocycles. The van der Waals surface area contributed by atoms with E-state index in [0.717, 1.165) is 6.07 Å². The number of alkyl halides is 1. The number of aromatic nitrogens is 2. The number of halogens is 2. The summed E-state index contributed by atoms with van der Waals surface area (Å²) in [4.78, 5) is 29.0. The number of ether oxygens (including phenoxy) is 1. The van der Waals surface area contributed by atoms with Crippen molar-refractivity contribution in [1.82, 2.24) is 19.6 Å². The van der Waals surface area contributed by atoms with E-state index in [1.807, 2.05) is 0 Å². The van der Waals surface area contributed by atoms with E-state index in [9.17, 15) is 19.1 Å². The van der Waals surface area contributed by atoms with Crippen molar-refractivity contribution >= 4 is 17.6 Å². The minimum Gasteiger partial charge on any atom is -0.465 e. The van der Waals surface area contributed by atoms with E-state index < -0.39 is 30.6 Å². The quantitative estimate of drug-likeness (QED) is 0.631. The van der Waals surface area contributed by atoms with Crippen LogP contribution >= 0.6 is 0 Å². The topological polar surface area (TPSA) is 96.2 Å². The zero-order chi connectivity index (χ0) is 22.8. The summed E-state index contributed by atoms with van der Waals surface area (Å²) in [5.41, 5.74) is 2.16. The van der Waals surface area contributed by atoms with Crippen molar-refractivity contribution in [3.63, 3.8) is 0 Å². The summed E-state index contributed by atoms with van der Waals surface area (Å²) in [6.07, 6.45) is 0.448. The number of morpholine rings is 1. The number of pyridine rings is 1. The average molecular weight is 444 g/mol. The second-order valence-electron chi connectivity index (χ2n) is 7.50. The Labute approximate surface area is 182 Å². The number of nitrogens with zero attached hydrogens (tertiary/aromatic N) is 3. The van der Waals surface area contributed by atoms with Gasteiger partial charge in [-0.2, -0.15) is 0 Å². The Balaban J connectivity index is 1.78. The zero-order valence-corrected chi connectivity index (χ0v) is 17.3. The van der Waals surface area contributed by atoms with Crippen LogP contribution in [-0.2, 0) is 17.8 Å². The predicted molar refractivity (Wildman–Crippen MR) is 112 cm³/mol. The number of rotatable bonds is 5. The lowest BCUT2D eigenvalue weighted by Crippen LogP contribution is -2.45. The van der Waals surface area contributed by atoms with Crippen molar-refractivity contribution in [2.45, 2.75) is 19.2 Å². The molecule has 3 heterocycles. The van der Waals surface area contributed by atoms with Crippen molar-refractivity contribution in [1.29, 1.82) is 0 Å². The molecule has 0 saturated carbocycles. The summed E-state index contributed by atoms with van der Waals surface area (Å²) in [6.45, 7) is 0.0384. The first-order valence-electron chi connectivity index (χ1n) is 10.1. The van der Waals surface area contributed by atoms with E-state index in [1.165, 1.54) is 24.1 Å². The largest absolute Gasteiger partial charge is 0.465 e. The number of carbonyl (C=O) groups excluding carboxylic acids is 1. The van der Waals surface area contributed by atoms with Crippen LogP contribution in [-0.4, -0.2) is 64.2 Å². The normalized spacial score (nSPS) is 16.3. The number of hydrogen-bond donors (Lipinski definition) is 2. The molecule has 10 heteroatoms. The van der Waals surface area contributed by atoms with Crippen LogP contribution in [0.1, 0.15) is 21.6 Å². The van der Waals surface area contributed by atoms with Crippen LogP contribution in [0.2, 0.25) is 0 Å². The van der Waals surface area contributed by atoms with Gasteiger partial charge in [-0.25, -0.2) is 18.6 Å². The van der Waals surface area contributed by atoms with E-state index >= 15 is 4.39 Å². The molecule has 0 bridgehead atoms. The first kappa shape index (κ1) is 21.7. The van der Waals surface area contributed by atoms with E-state index in [1.54, 1.807) is 22.7 Å². The Morgan fingerprint density at radius 1 is 1.31 bits per heavy atom. The Kier molecular flexibility index (Phi) is 6.04. The van der Waals surface area contributed by atoms with Crippen LogP contribution in [0.15, 0.2) is 36.5 Å². The lowest BCUT2D eigenvalue weighted by Gasteiger charge is -2.31. The van der Waals surface area contributed by atoms with Crippen molar-refractivity contribution in [2.24, 2.45) is 0 Å². The van der Waals surface area contributed by atoms with Crippen LogP contribution in [0.4, 0.5) is 13.6 Å². The maximum absolute atomic E-state index is 15.0. The van der Waals surface area contributed by atoms with Crippen molar-refractivity contribution in [3.8, 4) is 11.3 Å². The molecule has 0 aliphatic carbocycles. The highest BCUT2D eigenvalue weighted by molar-refractivity contribution is 5.94. The molecule has 0 spiro atoms. The Hall–Kier alpha value is -3.53. The first-order valence-corrected chi connectivity index (χ1v) is 10.1. The minimum absolute atomic E-state index is 0.169. The summed E-state index contributed by atoms with van der Waals surface area (Å²) in [5, 5.41) is 11.8. The molecular formula is C22H22F2N4O4. The second-order valence-corrected chi connectivity index (χ2v) is 7.50. The van der Waals surface area contributed by atoms with Crippen molar-refractivity contribution in [3.05, 3.63) is 59.2 Å². The molecule has 4 rings (SSSR count). The molecule has 32 heavy (non-hydrogen) atoms. The number of imidazole rings is 1. The number of hydrogen-bond acceptors (Lipinski definition) is 4. The smallest absolute Gasteiger partial charge is 0.407 e. The fourth-order valence-electron chi connectivity index (χ4n) is 3.86. The third-order valence-electron chi connectivity index (χ3n) is 5.49. The number of benzene rings is 1. The Morgan fingerprint density at radius 2 is 2.12 bits per heavy atom. The lowest BCUT2D eigenvalue weighted by atomic mass is 10.0. The van der Waals surface area contributed by atoms with Gasteiger partial charge in [-0.05, 0) is 35.9 Å². The van der Waals surface area contributed by atoms with Gasteiger partial charge in [-0.15, -0.1) is 0 Å². The molecule has 3 aromatic rings.